The molecule has 1 aliphatic rings. The Kier molecular flexibility index (Phi) is 19.4. The lowest BCUT2D eigenvalue weighted by atomic mass is 10.0. The summed E-state index contributed by atoms with van der Waals surface area (Å²) in [5.41, 5.74) is 0.296. The van der Waals surface area contributed by atoms with Crippen LogP contribution in [0.25, 0.3) is 0 Å². The molecule has 2 rings (SSSR count). The third kappa shape index (κ3) is 13.4. The first-order valence-corrected chi connectivity index (χ1v) is 28.1. The van der Waals surface area contributed by atoms with Crippen LogP contribution in [0.4, 0.5) is 17.6 Å². The zero-order chi connectivity index (χ0) is 34.1. The van der Waals surface area contributed by atoms with Gasteiger partial charge in [0.25, 0.3) is 8.32 Å². The summed E-state index contributed by atoms with van der Waals surface area (Å²) in [6.45, 7) is 14.5. The second-order valence-corrected chi connectivity index (χ2v) is 30.7. The summed E-state index contributed by atoms with van der Waals surface area (Å²) in [7, 11) is -4.80. The average molecular weight is 702 g/mol. The van der Waals surface area contributed by atoms with E-state index in [4.69, 9.17) is 4.43 Å². The fraction of sp³-hybridized carbons (Fsp3) is 0.842. The van der Waals surface area contributed by atoms with E-state index in [2.05, 4.69) is 40.8 Å². The van der Waals surface area contributed by atoms with Crippen LogP contribution in [0, 0.1) is 29.3 Å². The molecule has 267 valence electrons. The van der Waals surface area contributed by atoms with Gasteiger partial charge in [-0.25, -0.2) is 13.2 Å². The summed E-state index contributed by atoms with van der Waals surface area (Å²) in [5, 5.41) is 0. The molecule has 0 unspecified atom stereocenters. The van der Waals surface area contributed by atoms with Gasteiger partial charge >= 0.3 is 0 Å². The zero-order valence-electron chi connectivity index (χ0n) is 30.7. The molecule has 0 heterocycles. The lowest BCUT2D eigenvalue weighted by Gasteiger charge is -2.41. The highest BCUT2D eigenvalue weighted by Gasteiger charge is 2.45. The van der Waals surface area contributed by atoms with E-state index in [0.717, 1.165) is 63.5 Å². The van der Waals surface area contributed by atoms with Crippen LogP contribution in [-0.2, 0) is 0 Å². The molecule has 1 aromatic carbocycles. The summed E-state index contributed by atoms with van der Waals surface area (Å²) in [4.78, 5) is 0. The fourth-order valence-electron chi connectivity index (χ4n) is 7.71. The molecule has 0 N–H and O–H groups in total. The largest absolute Gasteiger partial charge is 0.539 e. The SMILES string of the molecule is CC[Si](C)(CC)CCCCCCCC[Si](CCCCCCCC[Si](C)(CC)CC)(Oc1c(F)[c]c(F)c(F)c1F)C1CCCCC1. The van der Waals surface area contributed by atoms with E-state index in [1.165, 1.54) is 94.1 Å². The molecule has 1 saturated carbocycles. The van der Waals surface area contributed by atoms with Crippen molar-refractivity contribution in [3.05, 3.63) is 29.3 Å². The summed E-state index contributed by atoms with van der Waals surface area (Å²) < 4.78 is 64.7. The Morgan fingerprint density at radius 1 is 0.543 bits per heavy atom. The van der Waals surface area contributed by atoms with Crippen LogP contribution in [0.3, 0.4) is 0 Å². The highest BCUT2D eigenvalue weighted by Crippen LogP contribution is 2.45. The van der Waals surface area contributed by atoms with Gasteiger partial charge in [-0.15, -0.1) is 0 Å². The fourth-order valence-corrected chi connectivity index (χ4v) is 17.5. The minimum Gasteiger partial charge on any atom is -0.539 e. The van der Waals surface area contributed by atoms with E-state index < -0.39 is 53.5 Å². The minimum atomic E-state index is -2.74. The van der Waals surface area contributed by atoms with Crippen LogP contribution in [0.1, 0.15) is 137 Å². The highest BCUT2D eigenvalue weighted by molar-refractivity contribution is 6.79. The molecule has 46 heavy (non-hydrogen) atoms. The van der Waals surface area contributed by atoms with E-state index in [0.29, 0.717) is 5.54 Å². The first kappa shape index (κ1) is 41.6. The maximum Gasteiger partial charge on any atom is 0.254 e. The van der Waals surface area contributed by atoms with Gasteiger partial charge in [0.1, 0.15) is 0 Å². The normalized spacial score (nSPS) is 15.1. The van der Waals surface area contributed by atoms with Gasteiger partial charge in [0.2, 0.25) is 5.82 Å². The first-order chi connectivity index (χ1) is 22.0. The predicted molar refractivity (Wildman–Crippen MR) is 198 cm³/mol. The molecule has 1 nitrogen and oxygen atoms in total. The Hall–Kier alpha value is -0.609. The van der Waals surface area contributed by atoms with Gasteiger partial charge in [0, 0.05) is 16.1 Å². The maximum atomic E-state index is 15.0. The van der Waals surface area contributed by atoms with Crippen molar-refractivity contribution in [1.29, 1.82) is 0 Å². The van der Waals surface area contributed by atoms with Crippen LogP contribution in [0.5, 0.6) is 5.75 Å². The maximum absolute atomic E-state index is 15.0. The van der Waals surface area contributed by atoms with Crippen molar-refractivity contribution in [3.63, 3.8) is 0 Å². The molecule has 0 saturated heterocycles. The number of rotatable bonds is 25. The Morgan fingerprint density at radius 2 is 0.935 bits per heavy atom. The molecular weight excluding hydrogens is 633 g/mol. The molecule has 1 radical (unpaired) electrons. The third-order valence-corrected chi connectivity index (χ3v) is 27.4. The van der Waals surface area contributed by atoms with Gasteiger partial charge in [-0.1, -0.05) is 173 Å². The standard InChI is InChI=1S/C38H69F4OSi3/c1-7-44(5,8-2)28-22-15-11-13-17-24-30-46(33-26-20-19-21-27-33,43-38-35(40)32-34(39)36(41)37(38)42)31-25-18-14-12-16-23-29-45(6,9-3)10-4/h33H,7-31H2,1-6H3. The zero-order valence-corrected chi connectivity index (χ0v) is 33.7. The van der Waals surface area contributed by atoms with Crippen LogP contribution >= 0.6 is 0 Å². The molecule has 1 aliphatic carbocycles. The number of benzene rings is 1. The summed E-state index contributed by atoms with van der Waals surface area (Å²) in [5.74, 6) is -6.76. The quantitative estimate of drug-likeness (QED) is 0.0324. The first-order valence-electron chi connectivity index (χ1n) is 19.4. The smallest absolute Gasteiger partial charge is 0.254 e. The van der Waals surface area contributed by atoms with Gasteiger partial charge in [0.15, 0.2) is 23.2 Å². The summed E-state index contributed by atoms with van der Waals surface area (Å²) >= 11 is 0. The lowest BCUT2D eigenvalue weighted by molar-refractivity contribution is 0.363. The summed E-state index contributed by atoms with van der Waals surface area (Å²) in [6.07, 6.45) is 19.6. The van der Waals surface area contributed by atoms with Crippen LogP contribution in [0.2, 0.25) is 67.0 Å². The van der Waals surface area contributed by atoms with Gasteiger partial charge in [-0.3, -0.25) is 0 Å². The Morgan fingerprint density at radius 3 is 1.35 bits per heavy atom. The van der Waals surface area contributed by atoms with Crippen molar-refractivity contribution < 1.29 is 22.0 Å². The Balaban J connectivity index is 2.06. The van der Waals surface area contributed by atoms with Crippen molar-refractivity contribution in [2.24, 2.45) is 0 Å². The minimum absolute atomic E-state index is 0.296. The van der Waals surface area contributed by atoms with E-state index in [1.54, 1.807) is 6.07 Å². The van der Waals surface area contributed by atoms with E-state index in [1.807, 2.05) is 0 Å². The van der Waals surface area contributed by atoms with Crippen molar-refractivity contribution in [3.8, 4) is 5.75 Å². The average Bonchev–Trinajstić information content (AvgIpc) is 3.07. The second-order valence-electron chi connectivity index (χ2n) is 15.5. The summed E-state index contributed by atoms with van der Waals surface area (Å²) in [6, 6.07) is 11.7. The van der Waals surface area contributed by atoms with Crippen molar-refractivity contribution in [2.75, 3.05) is 0 Å². The molecule has 0 amide bonds. The monoisotopic (exact) mass is 701 g/mol. The van der Waals surface area contributed by atoms with Crippen LogP contribution in [-0.4, -0.2) is 24.5 Å². The van der Waals surface area contributed by atoms with E-state index in [-0.39, 0.29) is 0 Å². The predicted octanol–water partition coefficient (Wildman–Crippen LogP) is 14.6. The molecule has 8 heteroatoms. The van der Waals surface area contributed by atoms with Gasteiger partial charge in [0.05, 0.1) is 6.07 Å². The van der Waals surface area contributed by atoms with Crippen molar-refractivity contribution in [2.45, 2.75) is 204 Å². The van der Waals surface area contributed by atoms with Gasteiger partial charge in [-0.05, 0) is 30.5 Å². The molecule has 1 aromatic rings. The lowest BCUT2D eigenvalue weighted by Crippen LogP contribution is -2.48. The molecule has 0 atom stereocenters. The Labute approximate surface area is 284 Å². The number of hydrogen-bond acceptors (Lipinski definition) is 1. The van der Waals surface area contributed by atoms with Crippen molar-refractivity contribution in [1.82, 2.24) is 0 Å². The van der Waals surface area contributed by atoms with Crippen LogP contribution < -0.4 is 4.43 Å². The molecule has 0 aliphatic heterocycles. The topological polar surface area (TPSA) is 9.23 Å². The van der Waals surface area contributed by atoms with E-state index in [9.17, 15) is 13.2 Å². The highest BCUT2D eigenvalue weighted by atomic mass is 28.4. The number of halogens is 4. The van der Waals surface area contributed by atoms with Crippen LogP contribution in [0.15, 0.2) is 0 Å². The molecular formula is C38H69F4OSi3. The molecule has 1 fully saturated rings. The number of hydrogen-bond donors (Lipinski definition) is 0. The molecule has 0 aromatic heterocycles. The van der Waals surface area contributed by atoms with Gasteiger partial charge < -0.3 is 4.43 Å². The van der Waals surface area contributed by atoms with Crippen molar-refractivity contribution >= 4 is 24.5 Å². The molecule has 0 bridgehead atoms. The third-order valence-electron chi connectivity index (χ3n) is 12.3. The van der Waals surface area contributed by atoms with Gasteiger partial charge in [-0.2, -0.15) is 4.39 Å². The second kappa shape index (κ2) is 21.5. The number of unbranched alkanes of at least 4 members (excludes halogenated alkanes) is 10. The molecule has 0 spiro atoms. The van der Waals surface area contributed by atoms with E-state index >= 15 is 4.39 Å². The Bertz CT molecular complexity index is 943.